The van der Waals surface area contributed by atoms with Crippen LogP contribution in [-0.4, -0.2) is 31.4 Å². The van der Waals surface area contributed by atoms with Gasteiger partial charge in [-0.25, -0.2) is 4.79 Å². The Hall–Kier alpha value is -1.33. The molecular weight excluding hydrogens is 423 g/mol. The molecule has 190 valence electrons. The summed E-state index contributed by atoms with van der Waals surface area (Å²) >= 11 is 0. The van der Waals surface area contributed by atoms with Crippen molar-refractivity contribution in [1.29, 1.82) is 0 Å². The van der Waals surface area contributed by atoms with Crippen molar-refractivity contribution in [2.24, 2.45) is 5.41 Å². The summed E-state index contributed by atoms with van der Waals surface area (Å²) in [5.74, 6) is -0.185. The molecule has 0 N–H and O–H groups in total. The van der Waals surface area contributed by atoms with E-state index in [-0.39, 0.29) is 35.5 Å². The standard InChI is InChI=1S/C29H47BO4/c1-27(2)28(3,4)34-30(33-27)25(23-16-18-24(19-17-23)26(31)32-6)22-29(5)20-14-12-10-8-7-9-11-13-15-21-29/h16-19,25H,7-15,20-22H2,1-6H3. The predicted octanol–water partition coefficient (Wildman–Crippen LogP) is 7.89. The van der Waals surface area contributed by atoms with Gasteiger partial charge in [-0.3, -0.25) is 0 Å². The number of carbonyl (C=O) groups excluding carboxylic acids is 1. The maximum Gasteiger partial charge on any atom is 0.465 e. The molecule has 0 radical (unpaired) electrons. The van der Waals surface area contributed by atoms with Gasteiger partial charge >= 0.3 is 13.1 Å². The number of methoxy groups -OCH3 is 1. The van der Waals surface area contributed by atoms with Gasteiger partial charge in [0.2, 0.25) is 0 Å². The minimum Gasteiger partial charge on any atom is -0.465 e. The van der Waals surface area contributed by atoms with Crippen molar-refractivity contribution in [2.45, 2.75) is 129 Å². The first kappa shape index (κ1) is 27.3. The summed E-state index contributed by atoms with van der Waals surface area (Å²) < 4.78 is 18.1. The number of ether oxygens (including phenoxy) is 1. The highest BCUT2D eigenvalue weighted by molar-refractivity contribution is 6.47. The first-order valence-corrected chi connectivity index (χ1v) is 13.6. The van der Waals surface area contributed by atoms with Gasteiger partial charge in [0, 0.05) is 5.82 Å². The van der Waals surface area contributed by atoms with Gasteiger partial charge in [-0.05, 0) is 70.1 Å². The average molecular weight is 471 g/mol. The van der Waals surface area contributed by atoms with E-state index in [1.54, 1.807) is 0 Å². The van der Waals surface area contributed by atoms with E-state index in [1.165, 1.54) is 83.3 Å². The van der Waals surface area contributed by atoms with Crippen LogP contribution in [0.25, 0.3) is 0 Å². The van der Waals surface area contributed by atoms with Gasteiger partial charge in [-0.1, -0.05) is 76.8 Å². The molecule has 1 saturated carbocycles. The van der Waals surface area contributed by atoms with Crippen molar-refractivity contribution in [3.63, 3.8) is 0 Å². The largest absolute Gasteiger partial charge is 0.465 e. The molecule has 0 aromatic heterocycles. The quantitative estimate of drug-likeness (QED) is 0.324. The van der Waals surface area contributed by atoms with Gasteiger partial charge in [-0.2, -0.15) is 0 Å². The predicted molar refractivity (Wildman–Crippen MR) is 140 cm³/mol. The second-order valence-electron chi connectivity index (χ2n) is 12.0. The molecule has 1 aromatic rings. The first-order valence-electron chi connectivity index (χ1n) is 13.6. The number of hydrogen-bond acceptors (Lipinski definition) is 4. The lowest BCUT2D eigenvalue weighted by atomic mass is 9.59. The van der Waals surface area contributed by atoms with Crippen LogP contribution in [0.3, 0.4) is 0 Å². The first-order chi connectivity index (χ1) is 16.1. The Morgan fingerprint density at radius 3 is 1.71 bits per heavy atom. The highest BCUT2D eigenvalue weighted by Gasteiger charge is 2.54. The highest BCUT2D eigenvalue weighted by Crippen LogP contribution is 2.47. The molecule has 1 saturated heterocycles. The van der Waals surface area contributed by atoms with Crippen LogP contribution in [0.5, 0.6) is 0 Å². The topological polar surface area (TPSA) is 44.8 Å². The summed E-state index contributed by atoms with van der Waals surface area (Å²) in [6.07, 6.45) is 15.7. The van der Waals surface area contributed by atoms with E-state index >= 15 is 0 Å². The van der Waals surface area contributed by atoms with Crippen LogP contribution in [0.2, 0.25) is 0 Å². The van der Waals surface area contributed by atoms with Gasteiger partial charge in [0.05, 0.1) is 23.9 Å². The average Bonchev–Trinajstić information content (AvgIpc) is 3.01. The normalized spacial score (nSPS) is 24.0. The highest BCUT2D eigenvalue weighted by atomic mass is 16.7. The van der Waals surface area contributed by atoms with E-state index in [9.17, 15) is 4.79 Å². The molecule has 2 aliphatic rings. The maximum atomic E-state index is 12.0. The van der Waals surface area contributed by atoms with E-state index in [0.717, 1.165) is 6.42 Å². The molecule has 1 aromatic carbocycles. The zero-order valence-electron chi connectivity index (χ0n) is 22.6. The Bertz CT molecular complexity index is 758. The molecule has 5 heteroatoms. The fraction of sp³-hybridized carbons (Fsp3) is 0.759. The molecule has 0 bridgehead atoms. The summed E-state index contributed by atoms with van der Waals surface area (Å²) in [5, 5.41) is 0. The van der Waals surface area contributed by atoms with E-state index < -0.39 is 0 Å². The van der Waals surface area contributed by atoms with Crippen LogP contribution in [0.15, 0.2) is 24.3 Å². The number of benzene rings is 1. The van der Waals surface area contributed by atoms with Gasteiger partial charge in [0.1, 0.15) is 0 Å². The van der Waals surface area contributed by atoms with Crippen LogP contribution >= 0.6 is 0 Å². The third kappa shape index (κ3) is 6.88. The van der Waals surface area contributed by atoms with Crippen molar-refractivity contribution < 1.29 is 18.8 Å². The number of esters is 1. The third-order valence-electron chi connectivity index (χ3n) is 8.63. The van der Waals surface area contributed by atoms with Crippen LogP contribution in [0.4, 0.5) is 0 Å². The molecule has 0 spiro atoms. The van der Waals surface area contributed by atoms with Crippen molar-refractivity contribution >= 4 is 13.1 Å². The molecule has 1 heterocycles. The van der Waals surface area contributed by atoms with E-state index in [2.05, 4.69) is 46.8 Å². The zero-order chi connectivity index (χ0) is 24.8. The minimum atomic E-state index is -0.366. The van der Waals surface area contributed by atoms with E-state index in [1.807, 2.05) is 12.1 Å². The van der Waals surface area contributed by atoms with Crippen molar-refractivity contribution in [1.82, 2.24) is 0 Å². The molecule has 4 nitrogen and oxygen atoms in total. The molecule has 2 fully saturated rings. The van der Waals surface area contributed by atoms with Crippen LogP contribution in [-0.2, 0) is 14.0 Å². The fourth-order valence-corrected chi connectivity index (χ4v) is 5.61. The Kier molecular flexibility index (Phi) is 9.31. The van der Waals surface area contributed by atoms with Crippen LogP contribution in [0.1, 0.15) is 133 Å². The summed E-state index contributed by atoms with van der Waals surface area (Å²) in [6.45, 7) is 11.0. The zero-order valence-corrected chi connectivity index (χ0v) is 22.6. The Morgan fingerprint density at radius 2 is 1.26 bits per heavy atom. The molecule has 1 atom stereocenters. The Balaban J connectivity index is 1.86. The Morgan fingerprint density at radius 1 is 0.824 bits per heavy atom. The van der Waals surface area contributed by atoms with Gasteiger partial charge in [0.25, 0.3) is 0 Å². The van der Waals surface area contributed by atoms with Gasteiger partial charge < -0.3 is 14.0 Å². The SMILES string of the molecule is COC(=O)c1ccc(C(CC2(C)CCCCCCCCCCC2)B2OC(C)(C)C(C)(C)O2)cc1. The molecule has 34 heavy (non-hydrogen) atoms. The third-order valence-corrected chi connectivity index (χ3v) is 8.63. The molecule has 3 rings (SSSR count). The van der Waals surface area contributed by atoms with E-state index in [0.29, 0.717) is 5.56 Å². The molecule has 1 aliphatic heterocycles. The molecular formula is C29H47BO4. The number of carbonyl (C=O) groups is 1. The van der Waals surface area contributed by atoms with Gasteiger partial charge in [0.15, 0.2) is 0 Å². The smallest absolute Gasteiger partial charge is 0.465 e. The summed E-state index contributed by atoms with van der Waals surface area (Å²) in [7, 11) is 1.13. The van der Waals surface area contributed by atoms with Crippen molar-refractivity contribution in [3.8, 4) is 0 Å². The summed E-state index contributed by atoms with van der Waals surface area (Å²) in [4.78, 5) is 12.0. The van der Waals surface area contributed by atoms with E-state index in [4.69, 9.17) is 14.0 Å². The van der Waals surface area contributed by atoms with Crippen molar-refractivity contribution in [3.05, 3.63) is 35.4 Å². The van der Waals surface area contributed by atoms with Crippen molar-refractivity contribution in [2.75, 3.05) is 7.11 Å². The lowest BCUT2D eigenvalue weighted by Gasteiger charge is -2.35. The summed E-state index contributed by atoms with van der Waals surface area (Å²) in [5.41, 5.74) is 1.27. The van der Waals surface area contributed by atoms with Crippen LogP contribution in [0, 0.1) is 5.41 Å². The number of rotatable bonds is 5. The fourth-order valence-electron chi connectivity index (χ4n) is 5.61. The minimum absolute atomic E-state index is 0.116. The van der Waals surface area contributed by atoms with Crippen LogP contribution < -0.4 is 0 Å². The monoisotopic (exact) mass is 470 g/mol. The lowest BCUT2D eigenvalue weighted by molar-refractivity contribution is 0.00578. The molecule has 1 unspecified atom stereocenters. The lowest BCUT2D eigenvalue weighted by Crippen LogP contribution is -2.41. The Labute approximate surface area is 208 Å². The van der Waals surface area contributed by atoms with Gasteiger partial charge in [-0.15, -0.1) is 0 Å². The second-order valence-corrected chi connectivity index (χ2v) is 12.0. The number of hydrogen-bond donors (Lipinski definition) is 0. The molecule has 1 aliphatic carbocycles. The second kappa shape index (κ2) is 11.6. The summed E-state index contributed by atoms with van der Waals surface area (Å²) in [6, 6.07) is 7.90. The maximum absolute atomic E-state index is 12.0. The molecule has 0 amide bonds.